The fourth-order valence-corrected chi connectivity index (χ4v) is 12.0. The Morgan fingerprint density at radius 2 is 0.912 bits per heavy atom. The van der Waals surface area contributed by atoms with Crippen LogP contribution in [0.5, 0.6) is 0 Å². The Morgan fingerprint density at radius 3 is 1.36 bits per heavy atom. The van der Waals surface area contributed by atoms with Crippen molar-refractivity contribution in [3.63, 3.8) is 0 Å². The van der Waals surface area contributed by atoms with Gasteiger partial charge in [0.1, 0.15) is 39.5 Å². The van der Waals surface area contributed by atoms with E-state index >= 15 is 0 Å². The zero-order valence-corrected chi connectivity index (χ0v) is 49.2. The number of aryl methyl sites for hydroxylation is 3. The maximum absolute atomic E-state index is 13.7. The van der Waals surface area contributed by atoms with Crippen molar-refractivity contribution in [1.82, 2.24) is 29.5 Å². The van der Waals surface area contributed by atoms with Gasteiger partial charge >= 0.3 is 5.97 Å². The molecule has 0 radical (unpaired) electrons. The van der Waals surface area contributed by atoms with E-state index in [-0.39, 0.29) is 24.4 Å². The number of rotatable bonds is 33. The summed E-state index contributed by atoms with van der Waals surface area (Å²) in [6.07, 6.45) is 1.98. The van der Waals surface area contributed by atoms with Crippen LogP contribution in [0.1, 0.15) is 122 Å². The number of hydrogen-bond acceptors (Lipinski definition) is 19. The van der Waals surface area contributed by atoms with Gasteiger partial charge in [0.25, 0.3) is 0 Å². The monoisotopic (exact) mass is 1170 g/mol. The van der Waals surface area contributed by atoms with Crippen molar-refractivity contribution in [2.45, 2.75) is 85.2 Å². The van der Waals surface area contributed by atoms with E-state index in [0.717, 1.165) is 54.9 Å². The largest absolute Gasteiger partial charge is 0.469 e. The number of esters is 1. The Kier molecular flexibility index (Phi) is 22.8. The first-order valence-electron chi connectivity index (χ1n) is 26.8. The van der Waals surface area contributed by atoms with Crippen LogP contribution >= 0.6 is 45.9 Å². The van der Waals surface area contributed by atoms with Gasteiger partial charge in [-0.2, -0.15) is 0 Å². The normalized spacial score (nSPS) is 14.7. The van der Waals surface area contributed by atoms with Crippen LogP contribution in [0.2, 0.25) is 10.0 Å². The van der Waals surface area contributed by atoms with E-state index in [9.17, 15) is 14.4 Å². The van der Waals surface area contributed by atoms with Crippen molar-refractivity contribution in [2.24, 2.45) is 9.98 Å². The molecule has 428 valence electrons. The van der Waals surface area contributed by atoms with Crippen molar-refractivity contribution >= 4 is 74.8 Å². The number of methoxy groups -OCH3 is 1. The first-order valence-corrected chi connectivity index (χ1v) is 29.2. The van der Waals surface area contributed by atoms with E-state index in [4.69, 9.17) is 71.1 Å². The highest BCUT2D eigenvalue weighted by Crippen LogP contribution is 2.42. The van der Waals surface area contributed by atoms with Gasteiger partial charge in [0.05, 0.1) is 109 Å². The maximum atomic E-state index is 13.7. The molecule has 0 aliphatic carbocycles. The summed E-state index contributed by atoms with van der Waals surface area (Å²) in [6, 6.07) is 13.9. The Balaban J connectivity index is 0.619. The molecular formula is C57H68Cl2N8O11S2. The summed E-state index contributed by atoms with van der Waals surface area (Å²) >= 11 is 15.5. The predicted molar refractivity (Wildman–Crippen MR) is 307 cm³/mol. The van der Waals surface area contributed by atoms with Crippen molar-refractivity contribution in [1.29, 1.82) is 0 Å². The number of hydrogen-bond donors (Lipinski definition) is 0. The highest BCUT2D eigenvalue weighted by molar-refractivity contribution is 7.17. The van der Waals surface area contributed by atoms with E-state index < -0.39 is 18.1 Å². The molecule has 0 saturated carbocycles. The molecular weight excluding hydrogens is 1110 g/mol. The Morgan fingerprint density at radius 1 is 0.512 bits per heavy atom. The molecule has 6 heterocycles. The second-order valence-corrected chi connectivity index (χ2v) is 22.1. The third-order valence-electron chi connectivity index (χ3n) is 13.4. The summed E-state index contributed by atoms with van der Waals surface area (Å²) in [6.45, 7) is 15.9. The summed E-state index contributed by atoms with van der Waals surface area (Å²) < 4.78 is 48.5. The number of carbonyl (C=O) groups is 3. The van der Waals surface area contributed by atoms with Gasteiger partial charge in [-0.1, -0.05) is 47.5 Å². The van der Waals surface area contributed by atoms with Crippen LogP contribution in [0, 0.1) is 34.6 Å². The zero-order valence-electron chi connectivity index (χ0n) is 46.1. The highest BCUT2D eigenvalue weighted by atomic mass is 35.5. The fourth-order valence-electron chi connectivity index (χ4n) is 9.22. The van der Waals surface area contributed by atoms with Crippen LogP contribution in [0.3, 0.4) is 0 Å². The van der Waals surface area contributed by atoms with Crippen molar-refractivity contribution in [3.05, 3.63) is 125 Å². The van der Waals surface area contributed by atoms with Gasteiger partial charge in [-0.25, -0.2) is 0 Å². The summed E-state index contributed by atoms with van der Waals surface area (Å²) in [5.74, 6) is 2.21. The molecule has 19 nitrogen and oxygen atoms in total. The average Bonchev–Trinajstić information content (AvgIpc) is 4.31. The van der Waals surface area contributed by atoms with E-state index in [1.807, 2.05) is 61.7 Å². The van der Waals surface area contributed by atoms with Gasteiger partial charge in [0.15, 0.2) is 17.4 Å². The summed E-state index contributed by atoms with van der Waals surface area (Å²) in [7, 11) is 1.34. The second-order valence-electron chi connectivity index (χ2n) is 19.0. The van der Waals surface area contributed by atoms with E-state index in [1.54, 1.807) is 23.5 Å². The number of thiophene rings is 2. The number of halogens is 2. The zero-order chi connectivity index (χ0) is 56.5. The lowest BCUT2D eigenvalue weighted by Crippen LogP contribution is -2.15. The standard InChI is InChI=1S/C57H68Cl2N8O11S2/c1-35-37(3)79-56-49(35)51(40-11-15-42(58)16-12-40)60-45(54-64-62-38(4)66(54)56)33-44(68)9-7-19-72-21-23-74-25-27-76-29-31-78-32-30-77-28-26-75-24-22-73-20-8-10-47(69)53-36(2)50-52(41-13-17-43(59)18-14-41)61-46(34-48(70)71-6)55-65-63-39(5)67(55)57(50)80-53/h11-18,45-46H,7-10,19-34H2,1-6H3/t45-,46-/m0/s1. The quantitative estimate of drug-likeness (QED) is 0.0213. The minimum atomic E-state index is -0.650. The molecule has 0 N–H and O–H groups in total. The minimum absolute atomic E-state index is 0.00162. The van der Waals surface area contributed by atoms with Crippen LogP contribution < -0.4 is 0 Å². The third kappa shape index (κ3) is 15.6. The Labute approximate surface area is 483 Å². The number of aliphatic imine (C=N–C) groups is 2. The molecule has 2 atom stereocenters. The molecule has 0 fully saturated rings. The van der Waals surface area contributed by atoms with Crippen LogP contribution in [0.15, 0.2) is 58.5 Å². The summed E-state index contributed by atoms with van der Waals surface area (Å²) in [5, 5.41) is 20.6. The average molecular weight is 1180 g/mol. The number of benzene rings is 2. The van der Waals surface area contributed by atoms with E-state index in [2.05, 4.69) is 38.8 Å². The number of aromatic nitrogens is 6. The molecule has 0 saturated heterocycles. The number of fused-ring (bicyclic) bond motifs is 6. The van der Waals surface area contributed by atoms with Crippen LogP contribution in [-0.2, 0) is 47.5 Å². The number of ether oxygens (including phenoxy) is 8. The fraction of sp³-hybridized carbons (Fsp3) is 0.491. The molecule has 2 aromatic carbocycles. The number of Topliss-reactive ketones (excluding diaryl/α,β-unsaturated/α-hetero) is 2. The van der Waals surface area contributed by atoms with Crippen molar-refractivity contribution < 1.29 is 52.3 Å². The molecule has 23 heteroatoms. The van der Waals surface area contributed by atoms with Crippen LogP contribution in [-0.4, -0.2) is 158 Å². The highest BCUT2D eigenvalue weighted by Gasteiger charge is 2.35. The van der Waals surface area contributed by atoms with Crippen molar-refractivity contribution in [2.75, 3.05) is 99.6 Å². The first kappa shape index (κ1) is 60.7. The minimum Gasteiger partial charge on any atom is -0.469 e. The maximum Gasteiger partial charge on any atom is 0.308 e. The number of carbonyl (C=O) groups excluding carboxylic acids is 3. The second kappa shape index (κ2) is 30.0. The molecule has 0 spiro atoms. The number of nitrogens with zero attached hydrogens (tertiary/aromatic N) is 8. The topological polar surface area (TPSA) is 211 Å². The Hall–Kier alpha value is -5.43. The number of ketones is 2. The molecule has 0 unspecified atom stereocenters. The van der Waals surface area contributed by atoms with Gasteiger partial charge in [-0.15, -0.1) is 43.1 Å². The van der Waals surface area contributed by atoms with E-state index in [0.29, 0.717) is 156 Å². The molecule has 0 bridgehead atoms. The van der Waals surface area contributed by atoms with Gasteiger partial charge < -0.3 is 37.9 Å². The van der Waals surface area contributed by atoms with Gasteiger partial charge in [0.2, 0.25) is 0 Å². The smallest absolute Gasteiger partial charge is 0.308 e. The van der Waals surface area contributed by atoms with E-state index in [1.165, 1.54) is 23.3 Å². The summed E-state index contributed by atoms with van der Waals surface area (Å²) in [5.41, 5.74) is 6.97. The lowest BCUT2D eigenvalue weighted by atomic mass is 9.98. The van der Waals surface area contributed by atoms with Crippen LogP contribution in [0.4, 0.5) is 0 Å². The van der Waals surface area contributed by atoms with Gasteiger partial charge in [-0.3, -0.25) is 33.5 Å². The molecule has 2 aliphatic heterocycles. The molecule has 4 aromatic heterocycles. The predicted octanol–water partition coefficient (Wildman–Crippen LogP) is 9.69. The summed E-state index contributed by atoms with van der Waals surface area (Å²) in [4.78, 5) is 51.6. The van der Waals surface area contributed by atoms with Crippen LogP contribution in [0.25, 0.3) is 10.0 Å². The SMILES string of the molecule is COC(=O)C[C@@H]1N=C(c2ccc(Cl)cc2)c2c(sc(C(=O)CCCOCCOCCOCCOCCOCCOCCOCCCC(=O)C[C@@H]3N=C(c4ccc(Cl)cc4)c4c(sc(C)c4C)-n4c(C)nnc43)c2C)-n2c(C)nnc21. The van der Waals surface area contributed by atoms with Gasteiger partial charge in [0, 0.05) is 69.7 Å². The third-order valence-corrected chi connectivity index (χ3v) is 16.4. The molecule has 6 aromatic rings. The van der Waals surface area contributed by atoms with Crippen molar-refractivity contribution in [3.8, 4) is 10.0 Å². The lowest BCUT2D eigenvalue weighted by Gasteiger charge is -2.12. The molecule has 0 amide bonds. The Bertz CT molecular complexity index is 3120. The molecule has 80 heavy (non-hydrogen) atoms. The molecule has 2 aliphatic rings. The lowest BCUT2D eigenvalue weighted by molar-refractivity contribution is -0.141. The molecule has 8 rings (SSSR count). The first-order chi connectivity index (χ1) is 38.8. The van der Waals surface area contributed by atoms with Gasteiger partial charge in [-0.05, 0) is 82.9 Å².